The van der Waals surface area contributed by atoms with Gasteiger partial charge < -0.3 is 4.74 Å². The highest BCUT2D eigenvalue weighted by molar-refractivity contribution is 6.39. The molecule has 0 aliphatic rings. The molecule has 0 atom stereocenters. The largest absolute Gasteiger partial charge is 0.465 e. The van der Waals surface area contributed by atoms with Gasteiger partial charge in [0.15, 0.2) is 0 Å². The van der Waals surface area contributed by atoms with E-state index < -0.39 is 16.6 Å². The second-order valence-corrected chi connectivity index (χ2v) is 3.11. The Morgan fingerprint density at radius 3 is 2.67 bits per heavy atom. The Hall–Kier alpha value is -1.40. The van der Waals surface area contributed by atoms with Crippen molar-refractivity contribution in [3.63, 3.8) is 0 Å². The summed E-state index contributed by atoms with van der Waals surface area (Å²) in [7, 11) is 1.12. The minimum Gasteiger partial charge on any atom is -0.465 e. The molecule has 0 fully saturated rings. The number of nitro groups is 1. The first-order valence-corrected chi connectivity index (χ1v) is 4.31. The van der Waals surface area contributed by atoms with Crippen LogP contribution in [-0.2, 0) is 4.74 Å². The molecule has 15 heavy (non-hydrogen) atoms. The van der Waals surface area contributed by atoms with Gasteiger partial charge in [0.25, 0.3) is 0 Å². The topological polar surface area (TPSA) is 82.3 Å². The van der Waals surface area contributed by atoms with Crippen LogP contribution >= 0.6 is 23.2 Å². The van der Waals surface area contributed by atoms with E-state index in [2.05, 4.69) is 9.72 Å². The van der Waals surface area contributed by atoms with E-state index in [4.69, 9.17) is 23.2 Å². The number of nitrogens with zero attached hydrogens (tertiary/aromatic N) is 2. The molecule has 1 rings (SSSR count). The molecule has 0 bridgehead atoms. The number of carbonyl (C=O) groups is 1. The third kappa shape index (κ3) is 2.16. The Morgan fingerprint density at radius 1 is 1.60 bits per heavy atom. The van der Waals surface area contributed by atoms with Gasteiger partial charge in [-0.25, -0.2) is 9.78 Å². The van der Waals surface area contributed by atoms with Crippen molar-refractivity contribution in [2.75, 3.05) is 7.11 Å². The van der Waals surface area contributed by atoms with Gasteiger partial charge >= 0.3 is 11.7 Å². The normalized spacial score (nSPS) is 9.80. The van der Waals surface area contributed by atoms with Gasteiger partial charge in [-0.1, -0.05) is 23.2 Å². The lowest BCUT2D eigenvalue weighted by Crippen LogP contribution is -2.05. The molecule has 0 aliphatic heterocycles. The number of hydrogen-bond donors (Lipinski definition) is 0. The van der Waals surface area contributed by atoms with Crippen molar-refractivity contribution >= 4 is 34.9 Å². The molecule has 1 aromatic heterocycles. The van der Waals surface area contributed by atoms with E-state index in [1.54, 1.807) is 0 Å². The molecule has 0 radical (unpaired) electrons. The molecule has 80 valence electrons. The highest BCUT2D eigenvalue weighted by Crippen LogP contribution is 2.33. The number of carbonyl (C=O) groups excluding carboxylic acids is 1. The van der Waals surface area contributed by atoms with Crippen molar-refractivity contribution in [3.05, 3.63) is 32.1 Å². The molecule has 8 heteroatoms. The van der Waals surface area contributed by atoms with Crippen LogP contribution in [-0.4, -0.2) is 23.0 Å². The third-order valence-corrected chi connectivity index (χ3v) is 2.19. The van der Waals surface area contributed by atoms with Crippen molar-refractivity contribution in [3.8, 4) is 0 Å². The maximum Gasteiger partial charge on any atom is 0.341 e. The predicted octanol–water partition coefficient (Wildman–Crippen LogP) is 2.08. The Morgan fingerprint density at radius 2 is 2.20 bits per heavy atom. The number of ether oxygens (including phenoxy) is 1. The molecule has 0 aliphatic carbocycles. The monoisotopic (exact) mass is 250 g/mol. The number of hydrogen-bond acceptors (Lipinski definition) is 5. The smallest absolute Gasteiger partial charge is 0.341 e. The van der Waals surface area contributed by atoms with E-state index >= 15 is 0 Å². The second kappa shape index (κ2) is 4.41. The van der Waals surface area contributed by atoms with Crippen LogP contribution in [0.1, 0.15) is 10.4 Å². The molecule has 0 N–H and O–H groups in total. The van der Waals surface area contributed by atoms with Crippen molar-refractivity contribution in [1.82, 2.24) is 4.98 Å². The zero-order valence-electron chi connectivity index (χ0n) is 7.36. The molecule has 0 saturated carbocycles. The minimum absolute atomic E-state index is 0.199. The Balaban J connectivity index is 3.41. The van der Waals surface area contributed by atoms with E-state index in [-0.39, 0.29) is 15.7 Å². The lowest BCUT2D eigenvalue weighted by molar-refractivity contribution is -0.384. The first kappa shape index (κ1) is 11.7. The van der Waals surface area contributed by atoms with Gasteiger partial charge in [0.1, 0.15) is 10.6 Å². The van der Waals surface area contributed by atoms with Gasteiger partial charge in [-0.05, 0) is 0 Å². The van der Waals surface area contributed by atoms with Gasteiger partial charge in [0.2, 0.25) is 5.15 Å². The molecule has 0 saturated heterocycles. The van der Waals surface area contributed by atoms with Crippen LogP contribution in [0.2, 0.25) is 10.2 Å². The lowest BCUT2D eigenvalue weighted by atomic mass is 10.2. The van der Waals surface area contributed by atoms with Crippen molar-refractivity contribution in [2.45, 2.75) is 0 Å². The molecule has 6 nitrogen and oxygen atoms in total. The van der Waals surface area contributed by atoms with Gasteiger partial charge in [0.05, 0.1) is 12.0 Å². The van der Waals surface area contributed by atoms with E-state index in [1.165, 1.54) is 0 Å². The average molecular weight is 251 g/mol. The summed E-state index contributed by atoms with van der Waals surface area (Å²) in [6, 6.07) is 0. The summed E-state index contributed by atoms with van der Waals surface area (Å²) >= 11 is 11.1. The van der Waals surface area contributed by atoms with Crippen molar-refractivity contribution in [1.29, 1.82) is 0 Å². The van der Waals surface area contributed by atoms with Crippen LogP contribution in [0.15, 0.2) is 6.20 Å². The maximum absolute atomic E-state index is 11.1. The van der Waals surface area contributed by atoms with Gasteiger partial charge in [-0.2, -0.15) is 0 Å². The number of esters is 1. The molecular weight excluding hydrogens is 247 g/mol. The first-order valence-electron chi connectivity index (χ1n) is 3.55. The average Bonchev–Trinajstić information content (AvgIpc) is 2.16. The van der Waals surface area contributed by atoms with Crippen LogP contribution in [0, 0.1) is 10.1 Å². The summed E-state index contributed by atoms with van der Waals surface area (Å²) in [5.74, 6) is -0.813. The molecule has 0 spiro atoms. The van der Waals surface area contributed by atoms with Gasteiger partial charge in [0, 0.05) is 6.20 Å². The molecule has 1 aromatic rings. The Bertz CT molecular complexity index is 435. The predicted molar refractivity (Wildman–Crippen MR) is 52.3 cm³/mol. The summed E-state index contributed by atoms with van der Waals surface area (Å²) < 4.78 is 4.36. The van der Waals surface area contributed by atoms with E-state index in [0.717, 1.165) is 13.3 Å². The summed E-state index contributed by atoms with van der Waals surface area (Å²) in [5.41, 5.74) is -0.809. The standard InChI is InChI=1S/C7H4Cl2N2O4/c1-15-7(12)3-2-10-6(9)5(4(3)8)11(13)14/h2H,1H3. The second-order valence-electron chi connectivity index (χ2n) is 2.37. The van der Waals surface area contributed by atoms with Crippen LogP contribution in [0.25, 0.3) is 0 Å². The highest BCUT2D eigenvalue weighted by atomic mass is 35.5. The molecular formula is C7H4Cl2N2O4. The number of pyridine rings is 1. The molecule has 1 heterocycles. The van der Waals surface area contributed by atoms with Crippen molar-refractivity contribution < 1.29 is 14.5 Å². The fraction of sp³-hybridized carbons (Fsp3) is 0.143. The summed E-state index contributed by atoms with van der Waals surface area (Å²) in [5, 5.41) is 9.79. The number of halogens is 2. The molecule has 0 amide bonds. The lowest BCUT2D eigenvalue weighted by Gasteiger charge is -2.02. The van der Waals surface area contributed by atoms with Crippen LogP contribution in [0.3, 0.4) is 0 Å². The summed E-state index contributed by atoms with van der Waals surface area (Å²) in [4.78, 5) is 24.3. The maximum atomic E-state index is 11.1. The van der Waals surface area contributed by atoms with Crippen LogP contribution in [0.5, 0.6) is 0 Å². The number of rotatable bonds is 2. The fourth-order valence-corrected chi connectivity index (χ4v) is 1.41. The quantitative estimate of drug-likeness (QED) is 0.347. The minimum atomic E-state index is -0.815. The van der Waals surface area contributed by atoms with E-state index in [1.807, 2.05) is 0 Å². The molecule has 0 aromatic carbocycles. The SMILES string of the molecule is COC(=O)c1cnc(Cl)c([N+](=O)[O-])c1Cl. The van der Waals surface area contributed by atoms with Crippen LogP contribution < -0.4 is 0 Å². The van der Waals surface area contributed by atoms with Gasteiger partial charge in [-0.15, -0.1) is 0 Å². The van der Waals surface area contributed by atoms with E-state index in [9.17, 15) is 14.9 Å². The van der Waals surface area contributed by atoms with Crippen molar-refractivity contribution in [2.24, 2.45) is 0 Å². The molecule has 0 unspecified atom stereocenters. The highest BCUT2D eigenvalue weighted by Gasteiger charge is 2.25. The third-order valence-electron chi connectivity index (χ3n) is 1.53. The fourth-order valence-electron chi connectivity index (χ4n) is 0.865. The van der Waals surface area contributed by atoms with E-state index in [0.29, 0.717) is 0 Å². The van der Waals surface area contributed by atoms with Gasteiger partial charge in [-0.3, -0.25) is 10.1 Å². The Kier molecular flexibility index (Phi) is 3.43. The number of methoxy groups -OCH3 is 1. The van der Waals surface area contributed by atoms with Crippen LogP contribution in [0.4, 0.5) is 5.69 Å². The first-order chi connectivity index (χ1) is 6.99. The summed E-state index contributed by atoms with van der Waals surface area (Å²) in [6.07, 6.45) is 1.02. The number of aromatic nitrogens is 1. The zero-order valence-corrected chi connectivity index (χ0v) is 8.87. The Labute approximate surface area is 93.9 Å². The summed E-state index contributed by atoms with van der Waals surface area (Å²) in [6.45, 7) is 0. The zero-order chi connectivity index (χ0) is 11.6.